The summed E-state index contributed by atoms with van der Waals surface area (Å²) in [6, 6.07) is 0. The van der Waals surface area contributed by atoms with E-state index in [0.29, 0.717) is 5.41 Å². The topological polar surface area (TPSA) is 23.5 Å². The lowest BCUT2D eigenvalue weighted by Crippen LogP contribution is -2.24. The molecule has 1 atom stereocenters. The number of hydrogen-bond acceptors (Lipinski definition) is 2. The molecule has 0 saturated heterocycles. The van der Waals surface area contributed by atoms with Gasteiger partial charge in [0.05, 0.1) is 6.10 Å². The smallest absolute Gasteiger partial charge is 0.0540 e. The third-order valence-electron chi connectivity index (χ3n) is 3.37. The summed E-state index contributed by atoms with van der Waals surface area (Å²) in [4.78, 5) is 2.42. The van der Waals surface area contributed by atoms with Gasteiger partial charge in [-0.1, -0.05) is 41.0 Å². The minimum Gasteiger partial charge on any atom is -0.393 e. The molecule has 0 fully saturated rings. The van der Waals surface area contributed by atoms with Crippen molar-refractivity contribution in [3.05, 3.63) is 0 Å². The zero-order valence-corrected chi connectivity index (χ0v) is 12.6. The fourth-order valence-electron chi connectivity index (χ4n) is 2.10. The number of nitrogens with zero attached hydrogens (tertiary/aromatic N) is 1. The first-order valence-electron chi connectivity index (χ1n) is 7.29. The minimum atomic E-state index is -0.0899. The lowest BCUT2D eigenvalue weighted by molar-refractivity contribution is 0.138. The van der Waals surface area contributed by atoms with Crippen LogP contribution in [0.4, 0.5) is 0 Å². The molecule has 0 radical (unpaired) electrons. The maximum atomic E-state index is 9.89. The summed E-state index contributed by atoms with van der Waals surface area (Å²) in [5, 5.41) is 9.89. The Morgan fingerprint density at radius 1 is 1.00 bits per heavy atom. The Morgan fingerprint density at radius 3 is 2.00 bits per heavy atom. The van der Waals surface area contributed by atoms with Gasteiger partial charge in [-0.05, 0) is 50.7 Å². The number of aliphatic hydroxyl groups excluding tert-OH is 1. The van der Waals surface area contributed by atoms with E-state index in [0.717, 1.165) is 45.3 Å². The van der Waals surface area contributed by atoms with Crippen LogP contribution in [0.15, 0.2) is 0 Å². The third-order valence-corrected chi connectivity index (χ3v) is 3.37. The monoisotopic (exact) mass is 243 g/mol. The van der Waals surface area contributed by atoms with E-state index in [9.17, 15) is 5.11 Å². The molecule has 0 aliphatic rings. The van der Waals surface area contributed by atoms with Gasteiger partial charge in [0, 0.05) is 0 Å². The van der Waals surface area contributed by atoms with Gasteiger partial charge in [-0.15, -0.1) is 0 Å². The Balaban J connectivity index is 3.49. The van der Waals surface area contributed by atoms with Crippen molar-refractivity contribution < 1.29 is 5.11 Å². The van der Waals surface area contributed by atoms with E-state index in [-0.39, 0.29) is 6.10 Å². The van der Waals surface area contributed by atoms with E-state index in [1.165, 1.54) is 6.42 Å². The van der Waals surface area contributed by atoms with Gasteiger partial charge >= 0.3 is 0 Å². The van der Waals surface area contributed by atoms with Crippen molar-refractivity contribution in [3.63, 3.8) is 0 Å². The van der Waals surface area contributed by atoms with Crippen LogP contribution in [0.1, 0.15) is 66.7 Å². The molecule has 0 unspecified atom stereocenters. The van der Waals surface area contributed by atoms with Crippen molar-refractivity contribution in [2.45, 2.75) is 72.8 Å². The molecule has 0 amide bonds. The molecule has 1 N–H and O–H groups in total. The summed E-state index contributed by atoms with van der Waals surface area (Å²) < 4.78 is 0. The summed E-state index contributed by atoms with van der Waals surface area (Å²) in [6.45, 7) is 14.6. The summed E-state index contributed by atoms with van der Waals surface area (Å²) >= 11 is 0. The largest absolute Gasteiger partial charge is 0.393 e. The Hall–Kier alpha value is -0.0800. The summed E-state index contributed by atoms with van der Waals surface area (Å²) in [7, 11) is 0. The Bertz CT molecular complexity index is 170. The van der Waals surface area contributed by atoms with Crippen LogP contribution in [0.2, 0.25) is 0 Å². The van der Waals surface area contributed by atoms with Crippen molar-refractivity contribution in [1.82, 2.24) is 4.90 Å². The van der Waals surface area contributed by atoms with Crippen molar-refractivity contribution in [1.29, 1.82) is 0 Å². The van der Waals surface area contributed by atoms with Gasteiger partial charge in [-0.3, -0.25) is 0 Å². The second-order valence-corrected chi connectivity index (χ2v) is 6.28. The van der Waals surface area contributed by atoms with Crippen molar-refractivity contribution in [3.8, 4) is 0 Å². The van der Waals surface area contributed by atoms with Crippen LogP contribution in [0.5, 0.6) is 0 Å². The molecule has 2 heteroatoms. The molecule has 0 spiro atoms. The molecule has 0 aromatic heterocycles. The molecule has 17 heavy (non-hydrogen) atoms. The predicted octanol–water partition coefficient (Wildman–Crippen LogP) is 3.69. The Kier molecular flexibility index (Phi) is 8.89. The summed E-state index contributed by atoms with van der Waals surface area (Å²) in [5.41, 5.74) is 0.404. The molecule has 0 aliphatic carbocycles. The Labute approximate surface area is 108 Å². The molecule has 0 aromatic carbocycles. The van der Waals surface area contributed by atoms with E-state index in [4.69, 9.17) is 0 Å². The highest BCUT2D eigenvalue weighted by Gasteiger charge is 2.11. The minimum absolute atomic E-state index is 0.0899. The average Bonchev–Trinajstić information content (AvgIpc) is 2.22. The highest BCUT2D eigenvalue weighted by atomic mass is 16.3. The Morgan fingerprint density at radius 2 is 1.53 bits per heavy atom. The first-order valence-corrected chi connectivity index (χ1v) is 7.29. The number of aliphatic hydroxyl groups is 1. The molecular formula is C15H33NO. The fourth-order valence-corrected chi connectivity index (χ4v) is 2.10. The second kappa shape index (κ2) is 8.93. The van der Waals surface area contributed by atoms with Gasteiger partial charge in [0.25, 0.3) is 0 Å². The molecule has 0 heterocycles. The molecule has 0 aliphatic heterocycles. The SMILES string of the molecule is CCN(CC)CCC[C@@H](O)CCCC(C)(C)C. The van der Waals surface area contributed by atoms with Crippen LogP contribution in [0, 0.1) is 5.41 Å². The highest BCUT2D eigenvalue weighted by Crippen LogP contribution is 2.22. The standard InChI is InChI=1S/C15H33NO/c1-6-16(7-2)13-9-11-14(17)10-8-12-15(3,4)5/h14,17H,6-13H2,1-5H3/t14-/m0/s1. The average molecular weight is 243 g/mol. The van der Waals surface area contributed by atoms with E-state index < -0.39 is 0 Å². The quantitative estimate of drug-likeness (QED) is 0.667. The zero-order valence-electron chi connectivity index (χ0n) is 12.6. The molecule has 0 rings (SSSR count). The van der Waals surface area contributed by atoms with E-state index in [1.807, 2.05) is 0 Å². The lowest BCUT2D eigenvalue weighted by atomic mass is 9.89. The maximum absolute atomic E-state index is 9.89. The molecule has 0 bridgehead atoms. The highest BCUT2D eigenvalue weighted by molar-refractivity contribution is 4.64. The fraction of sp³-hybridized carbons (Fsp3) is 1.00. The lowest BCUT2D eigenvalue weighted by Gasteiger charge is -2.20. The second-order valence-electron chi connectivity index (χ2n) is 6.28. The first kappa shape index (κ1) is 16.9. The van der Waals surface area contributed by atoms with Crippen molar-refractivity contribution in [2.24, 2.45) is 5.41 Å². The van der Waals surface area contributed by atoms with Gasteiger partial charge < -0.3 is 10.0 Å². The zero-order chi connectivity index (χ0) is 13.3. The van der Waals surface area contributed by atoms with E-state index in [2.05, 4.69) is 39.5 Å². The van der Waals surface area contributed by atoms with Crippen LogP contribution in [-0.2, 0) is 0 Å². The summed E-state index contributed by atoms with van der Waals surface area (Å²) in [6.07, 6.45) is 5.32. The van der Waals surface area contributed by atoms with Crippen LogP contribution in [0.25, 0.3) is 0 Å². The van der Waals surface area contributed by atoms with Gasteiger partial charge in [0.1, 0.15) is 0 Å². The first-order chi connectivity index (χ1) is 7.89. The predicted molar refractivity (Wildman–Crippen MR) is 76.3 cm³/mol. The van der Waals surface area contributed by atoms with Crippen molar-refractivity contribution >= 4 is 0 Å². The van der Waals surface area contributed by atoms with Gasteiger partial charge in [-0.25, -0.2) is 0 Å². The van der Waals surface area contributed by atoms with Crippen LogP contribution in [0.3, 0.4) is 0 Å². The molecule has 0 saturated carbocycles. The number of hydrogen-bond donors (Lipinski definition) is 1. The normalized spacial score (nSPS) is 14.3. The van der Waals surface area contributed by atoms with Crippen molar-refractivity contribution in [2.75, 3.05) is 19.6 Å². The molecule has 2 nitrogen and oxygen atoms in total. The van der Waals surface area contributed by atoms with Crippen LogP contribution >= 0.6 is 0 Å². The molecular weight excluding hydrogens is 210 g/mol. The summed E-state index contributed by atoms with van der Waals surface area (Å²) in [5.74, 6) is 0. The maximum Gasteiger partial charge on any atom is 0.0540 e. The van der Waals surface area contributed by atoms with Gasteiger partial charge in [0.2, 0.25) is 0 Å². The third kappa shape index (κ3) is 10.8. The molecule has 104 valence electrons. The number of rotatable bonds is 9. The van der Waals surface area contributed by atoms with Crippen LogP contribution in [-0.4, -0.2) is 35.7 Å². The van der Waals surface area contributed by atoms with E-state index in [1.54, 1.807) is 0 Å². The van der Waals surface area contributed by atoms with E-state index >= 15 is 0 Å². The van der Waals surface area contributed by atoms with Gasteiger partial charge in [-0.2, -0.15) is 0 Å². The van der Waals surface area contributed by atoms with Crippen LogP contribution < -0.4 is 0 Å². The van der Waals surface area contributed by atoms with Gasteiger partial charge in [0.15, 0.2) is 0 Å². The molecule has 0 aromatic rings.